The second-order valence-corrected chi connectivity index (χ2v) is 4.84. The maximum absolute atomic E-state index is 11.5. The van der Waals surface area contributed by atoms with Crippen molar-refractivity contribution in [1.29, 1.82) is 0 Å². The predicted octanol–water partition coefficient (Wildman–Crippen LogP) is -2.48. The van der Waals surface area contributed by atoms with Gasteiger partial charge in [-0.2, -0.15) is 0 Å². The molecule has 5 N–H and O–H groups in total. The lowest BCUT2D eigenvalue weighted by Crippen LogP contribution is -2.65. The van der Waals surface area contributed by atoms with Gasteiger partial charge in [-0.05, 0) is 20.8 Å². The van der Waals surface area contributed by atoms with Crippen LogP contribution in [0, 0.1) is 0 Å². The zero-order valence-electron chi connectivity index (χ0n) is 9.91. The first-order valence-electron chi connectivity index (χ1n) is 5.17. The predicted molar refractivity (Wildman–Crippen MR) is 54.8 cm³/mol. The molecule has 1 heterocycles. The van der Waals surface area contributed by atoms with Gasteiger partial charge in [0.1, 0.15) is 17.8 Å². The molecule has 0 aromatic rings. The number of esters is 1. The smallest absolute Gasteiger partial charge is 0.341 e. The van der Waals surface area contributed by atoms with Crippen LogP contribution in [0.3, 0.4) is 0 Å². The normalized spacial score (nSPS) is 45.5. The first-order valence-corrected chi connectivity index (χ1v) is 5.17. The number of rotatable bonds is 3. The molecule has 100 valence electrons. The molecule has 7 heteroatoms. The fourth-order valence-corrected chi connectivity index (χ4v) is 1.89. The Morgan fingerprint density at radius 2 is 1.71 bits per heavy atom. The van der Waals surface area contributed by atoms with E-state index >= 15 is 0 Å². The van der Waals surface area contributed by atoms with Crippen molar-refractivity contribution in [3.63, 3.8) is 0 Å². The Morgan fingerprint density at radius 1 is 1.24 bits per heavy atom. The summed E-state index contributed by atoms with van der Waals surface area (Å²) >= 11 is 0. The van der Waals surface area contributed by atoms with E-state index < -0.39 is 41.6 Å². The van der Waals surface area contributed by atoms with Crippen molar-refractivity contribution in [3.05, 3.63) is 0 Å². The summed E-state index contributed by atoms with van der Waals surface area (Å²) in [5.74, 6) is -1.10. The van der Waals surface area contributed by atoms with E-state index in [9.17, 15) is 25.2 Å². The first kappa shape index (κ1) is 14.3. The third-order valence-electron chi connectivity index (χ3n) is 3.73. The minimum Gasteiger partial charge on any atom is -0.451 e. The molecule has 1 saturated heterocycles. The van der Waals surface area contributed by atoms with Crippen LogP contribution in [0.2, 0.25) is 0 Å². The third kappa shape index (κ3) is 1.66. The van der Waals surface area contributed by atoms with Crippen molar-refractivity contribution in [2.45, 2.75) is 49.8 Å². The molecule has 7 nitrogen and oxygen atoms in total. The standard InChI is InChI=1S/C10H18O7/c1-8(15)7(14)17-9(2,10(8,3)16)6(13)5(12)4-11/h5-6,11-13,15-16H,4H2,1-3H3. The van der Waals surface area contributed by atoms with E-state index in [1.807, 2.05) is 0 Å². The molecule has 1 aliphatic rings. The summed E-state index contributed by atoms with van der Waals surface area (Å²) in [6, 6.07) is 0. The van der Waals surface area contributed by atoms with Crippen LogP contribution in [0.25, 0.3) is 0 Å². The van der Waals surface area contributed by atoms with Crippen LogP contribution in [0.4, 0.5) is 0 Å². The monoisotopic (exact) mass is 250 g/mol. The van der Waals surface area contributed by atoms with Crippen molar-refractivity contribution in [2.75, 3.05) is 6.61 Å². The van der Waals surface area contributed by atoms with Crippen LogP contribution >= 0.6 is 0 Å². The molecular weight excluding hydrogens is 232 g/mol. The SMILES string of the molecule is CC1(O)C(=O)OC(C)(C(O)C(O)CO)C1(C)O. The molecule has 17 heavy (non-hydrogen) atoms. The van der Waals surface area contributed by atoms with Gasteiger partial charge < -0.3 is 30.3 Å². The minimum atomic E-state index is -2.21. The lowest BCUT2D eigenvalue weighted by molar-refractivity contribution is -0.210. The van der Waals surface area contributed by atoms with E-state index in [1.54, 1.807) is 0 Å². The molecule has 0 bridgehead atoms. The average molecular weight is 250 g/mol. The second-order valence-electron chi connectivity index (χ2n) is 4.84. The summed E-state index contributed by atoms with van der Waals surface area (Å²) in [4.78, 5) is 11.5. The van der Waals surface area contributed by atoms with E-state index in [-0.39, 0.29) is 0 Å². The number of aliphatic hydroxyl groups is 5. The van der Waals surface area contributed by atoms with Crippen molar-refractivity contribution >= 4 is 5.97 Å². The highest BCUT2D eigenvalue weighted by atomic mass is 16.6. The van der Waals surface area contributed by atoms with Gasteiger partial charge in [0.15, 0.2) is 11.2 Å². The summed E-state index contributed by atoms with van der Waals surface area (Å²) < 4.78 is 4.80. The number of hydrogen-bond acceptors (Lipinski definition) is 7. The molecule has 0 aromatic heterocycles. The molecule has 0 saturated carbocycles. The average Bonchev–Trinajstić information content (AvgIpc) is 2.36. The number of cyclic esters (lactones) is 1. The van der Waals surface area contributed by atoms with Gasteiger partial charge in [0, 0.05) is 0 Å². The zero-order chi connectivity index (χ0) is 13.6. The van der Waals surface area contributed by atoms with E-state index in [4.69, 9.17) is 9.84 Å². The van der Waals surface area contributed by atoms with Gasteiger partial charge in [0.05, 0.1) is 6.61 Å². The van der Waals surface area contributed by atoms with Crippen molar-refractivity contribution in [3.8, 4) is 0 Å². The number of ether oxygens (including phenoxy) is 1. The highest BCUT2D eigenvalue weighted by molar-refractivity contribution is 5.84. The van der Waals surface area contributed by atoms with Crippen molar-refractivity contribution in [1.82, 2.24) is 0 Å². The van der Waals surface area contributed by atoms with E-state index in [0.717, 1.165) is 13.8 Å². The summed E-state index contributed by atoms with van der Waals surface area (Å²) in [6.45, 7) is 2.58. The molecule has 1 fully saturated rings. The summed E-state index contributed by atoms with van der Waals surface area (Å²) in [6.07, 6.45) is -3.34. The minimum absolute atomic E-state index is 0.771. The van der Waals surface area contributed by atoms with Gasteiger partial charge in [-0.25, -0.2) is 4.79 Å². The van der Waals surface area contributed by atoms with E-state index in [1.165, 1.54) is 6.92 Å². The summed E-state index contributed by atoms with van der Waals surface area (Å²) in [5, 5.41) is 47.9. The molecular formula is C10H18O7. The fraction of sp³-hybridized carbons (Fsp3) is 0.900. The lowest BCUT2D eigenvalue weighted by atomic mass is 9.72. The highest BCUT2D eigenvalue weighted by Crippen LogP contribution is 2.45. The van der Waals surface area contributed by atoms with Gasteiger partial charge in [-0.1, -0.05) is 0 Å². The second kappa shape index (κ2) is 3.89. The van der Waals surface area contributed by atoms with Gasteiger partial charge in [0.25, 0.3) is 0 Å². The van der Waals surface area contributed by atoms with Gasteiger partial charge in [-0.3, -0.25) is 0 Å². The Morgan fingerprint density at radius 3 is 2.00 bits per heavy atom. The molecule has 0 radical (unpaired) electrons. The van der Waals surface area contributed by atoms with Crippen LogP contribution < -0.4 is 0 Å². The number of carbonyl (C=O) groups excluding carboxylic acids is 1. The molecule has 1 aliphatic heterocycles. The molecule has 0 aromatic carbocycles. The molecule has 5 unspecified atom stereocenters. The first-order chi connectivity index (χ1) is 7.52. The highest BCUT2D eigenvalue weighted by Gasteiger charge is 2.71. The maximum Gasteiger partial charge on any atom is 0.341 e. The fourth-order valence-electron chi connectivity index (χ4n) is 1.89. The molecule has 1 rings (SSSR count). The van der Waals surface area contributed by atoms with E-state index in [2.05, 4.69) is 0 Å². The maximum atomic E-state index is 11.5. The molecule has 0 aliphatic carbocycles. The number of hydrogen-bond donors (Lipinski definition) is 5. The van der Waals surface area contributed by atoms with Crippen LogP contribution in [-0.4, -0.2) is 67.1 Å². The molecule has 0 amide bonds. The lowest BCUT2D eigenvalue weighted by Gasteiger charge is -2.42. The van der Waals surface area contributed by atoms with E-state index in [0.29, 0.717) is 0 Å². The largest absolute Gasteiger partial charge is 0.451 e. The van der Waals surface area contributed by atoms with Crippen LogP contribution in [0.5, 0.6) is 0 Å². The third-order valence-corrected chi connectivity index (χ3v) is 3.73. The van der Waals surface area contributed by atoms with Crippen LogP contribution in [-0.2, 0) is 9.53 Å². The van der Waals surface area contributed by atoms with Crippen LogP contribution in [0.1, 0.15) is 20.8 Å². The Hall–Kier alpha value is -0.730. The Labute approximate surface area is 98.3 Å². The molecule has 0 spiro atoms. The number of carbonyl (C=O) groups is 1. The Balaban J connectivity index is 3.18. The van der Waals surface area contributed by atoms with Crippen LogP contribution in [0.15, 0.2) is 0 Å². The van der Waals surface area contributed by atoms with Gasteiger partial charge in [0.2, 0.25) is 0 Å². The molecule has 5 atom stereocenters. The Kier molecular flexibility index (Phi) is 3.28. The van der Waals surface area contributed by atoms with Gasteiger partial charge in [-0.15, -0.1) is 0 Å². The number of aliphatic hydroxyl groups excluding tert-OH is 3. The summed E-state index contributed by atoms with van der Waals surface area (Å²) in [5.41, 5.74) is -6.25. The topological polar surface area (TPSA) is 127 Å². The van der Waals surface area contributed by atoms with Gasteiger partial charge >= 0.3 is 5.97 Å². The zero-order valence-corrected chi connectivity index (χ0v) is 9.91. The summed E-state index contributed by atoms with van der Waals surface area (Å²) in [7, 11) is 0. The van der Waals surface area contributed by atoms with Crippen molar-refractivity contribution in [2.24, 2.45) is 0 Å². The quantitative estimate of drug-likeness (QED) is 0.351. The van der Waals surface area contributed by atoms with Crippen molar-refractivity contribution < 1.29 is 35.1 Å². The Bertz CT molecular complexity index is 325.